The van der Waals surface area contributed by atoms with E-state index in [1.165, 1.54) is 0 Å². The summed E-state index contributed by atoms with van der Waals surface area (Å²) in [5.41, 5.74) is 0.417. The number of hydrogen-bond acceptors (Lipinski definition) is 4. The molecule has 0 radical (unpaired) electrons. The third kappa shape index (κ3) is 8.57. The van der Waals surface area contributed by atoms with E-state index in [9.17, 15) is 9.59 Å². The Labute approximate surface area is 171 Å². The molecule has 28 heavy (non-hydrogen) atoms. The minimum atomic E-state index is -1.96. The van der Waals surface area contributed by atoms with Gasteiger partial charge in [0.2, 0.25) is 0 Å². The number of benzene rings is 1. The van der Waals surface area contributed by atoms with Crippen LogP contribution in [-0.2, 0) is 20.5 Å². The van der Waals surface area contributed by atoms with Gasteiger partial charge in [-0.15, -0.1) is 0 Å². The molecule has 1 aromatic carbocycles. The van der Waals surface area contributed by atoms with Gasteiger partial charge in [0.25, 0.3) is 0 Å². The maximum absolute atomic E-state index is 12.6. The molecule has 1 aromatic rings. The zero-order valence-electron chi connectivity index (χ0n) is 18.8. The highest BCUT2D eigenvalue weighted by Gasteiger charge is 2.37. The smallest absolute Gasteiger partial charge is 0.410 e. The van der Waals surface area contributed by atoms with Crippen LogP contribution in [0.3, 0.4) is 0 Å². The van der Waals surface area contributed by atoms with Crippen LogP contribution in [0.2, 0.25) is 18.1 Å². The lowest BCUT2D eigenvalue weighted by molar-refractivity contribution is -0.121. The average Bonchev–Trinajstić information content (AvgIpc) is 2.55. The Hall–Kier alpha value is -1.66. The lowest BCUT2D eigenvalue weighted by Gasteiger charge is -2.36. The zero-order chi connectivity index (χ0) is 21.6. The first-order valence-corrected chi connectivity index (χ1v) is 12.8. The number of rotatable bonds is 8. The van der Waals surface area contributed by atoms with Crippen LogP contribution in [0.1, 0.15) is 53.5 Å². The Morgan fingerprint density at radius 1 is 1.00 bits per heavy atom. The van der Waals surface area contributed by atoms with E-state index in [1.807, 2.05) is 51.1 Å². The molecule has 1 rings (SSSR count). The first kappa shape index (κ1) is 24.4. The highest BCUT2D eigenvalue weighted by Crippen LogP contribution is 2.36. The Kier molecular flexibility index (Phi) is 8.44. The van der Waals surface area contributed by atoms with E-state index < -0.39 is 20.0 Å². The summed E-state index contributed by atoms with van der Waals surface area (Å²) in [6.45, 7) is 17.0. The molecule has 0 atom stereocenters. The molecule has 0 aliphatic rings. The topological polar surface area (TPSA) is 55.8 Å². The van der Waals surface area contributed by atoms with Crippen LogP contribution in [0.4, 0.5) is 4.79 Å². The summed E-state index contributed by atoms with van der Waals surface area (Å²) in [5.74, 6) is 0.00597. The van der Waals surface area contributed by atoms with E-state index in [4.69, 9.17) is 9.16 Å². The lowest BCUT2D eigenvalue weighted by atomic mass is 10.2. The van der Waals surface area contributed by atoms with Crippen molar-refractivity contribution in [3.63, 3.8) is 0 Å². The molecule has 0 spiro atoms. The van der Waals surface area contributed by atoms with Gasteiger partial charge < -0.3 is 14.1 Å². The molecule has 5 nitrogen and oxygen atoms in total. The molecular formula is C22H37NO4Si. The first-order valence-electron chi connectivity index (χ1n) is 9.89. The number of carbonyl (C=O) groups excluding carboxylic acids is 2. The number of ether oxygens (including phenoxy) is 1. The highest BCUT2D eigenvalue weighted by atomic mass is 28.4. The number of Topliss-reactive ketones (excluding diaryl/α,β-unsaturated/α-hetero) is 1. The summed E-state index contributed by atoms with van der Waals surface area (Å²) in [6.07, 6.45) is -0.157. The van der Waals surface area contributed by atoms with Gasteiger partial charge in [-0.3, -0.25) is 4.79 Å². The van der Waals surface area contributed by atoms with Gasteiger partial charge in [-0.25, -0.2) is 4.79 Å². The number of nitrogens with zero attached hydrogens (tertiary/aromatic N) is 1. The minimum absolute atomic E-state index is 0.00597. The summed E-state index contributed by atoms with van der Waals surface area (Å²) in [4.78, 5) is 26.6. The predicted molar refractivity (Wildman–Crippen MR) is 116 cm³/mol. The van der Waals surface area contributed by atoms with Gasteiger partial charge in [-0.2, -0.15) is 0 Å². The maximum atomic E-state index is 12.6. The molecule has 0 aliphatic carbocycles. The van der Waals surface area contributed by atoms with E-state index in [0.717, 1.165) is 5.56 Å². The molecule has 0 bridgehead atoms. The van der Waals surface area contributed by atoms with Crippen molar-refractivity contribution in [1.82, 2.24) is 4.90 Å². The van der Waals surface area contributed by atoms with Gasteiger partial charge >= 0.3 is 6.09 Å². The van der Waals surface area contributed by atoms with Gasteiger partial charge in [0.15, 0.2) is 14.1 Å². The minimum Gasteiger partial charge on any atom is -0.444 e. The normalized spacial score (nSPS) is 12.6. The van der Waals surface area contributed by atoms with Crippen LogP contribution in [0.5, 0.6) is 0 Å². The van der Waals surface area contributed by atoms with Crippen molar-refractivity contribution >= 4 is 20.2 Å². The Bertz CT molecular complexity index is 645. The fourth-order valence-corrected chi connectivity index (χ4v) is 3.13. The van der Waals surface area contributed by atoms with Crippen molar-refractivity contribution in [2.45, 2.75) is 78.2 Å². The quantitative estimate of drug-likeness (QED) is 0.541. The molecular weight excluding hydrogens is 370 g/mol. The van der Waals surface area contributed by atoms with Crippen molar-refractivity contribution in [3.8, 4) is 0 Å². The lowest BCUT2D eigenvalue weighted by Crippen LogP contribution is -2.42. The fourth-order valence-electron chi connectivity index (χ4n) is 2.17. The van der Waals surface area contributed by atoms with Crippen molar-refractivity contribution in [2.75, 3.05) is 13.2 Å². The predicted octanol–water partition coefficient (Wildman–Crippen LogP) is 5.40. The largest absolute Gasteiger partial charge is 0.444 e. The molecule has 1 amide bonds. The Balaban J connectivity index is 2.70. The van der Waals surface area contributed by atoms with Gasteiger partial charge in [0, 0.05) is 19.5 Å². The van der Waals surface area contributed by atoms with Crippen molar-refractivity contribution in [1.29, 1.82) is 0 Å². The number of carbonyl (C=O) groups is 2. The molecule has 0 saturated heterocycles. The molecule has 0 N–H and O–H groups in total. The summed E-state index contributed by atoms with van der Waals surface area (Å²) in [7, 11) is -1.96. The van der Waals surface area contributed by atoms with Crippen molar-refractivity contribution in [3.05, 3.63) is 35.9 Å². The summed E-state index contributed by atoms with van der Waals surface area (Å²) >= 11 is 0. The van der Waals surface area contributed by atoms with Crippen LogP contribution >= 0.6 is 0 Å². The van der Waals surface area contributed by atoms with Gasteiger partial charge in [-0.1, -0.05) is 51.1 Å². The van der Waals surface area contributed by atoms with E-state index in [-0.39, 0.29) is 23.8 Å². The second-order valence-corrected chi connectivity index (χ2v) is 14.5. The summed E-state index contributed by atoms with van der Waals surface area (Å²) in [6, 6.07) is 9.71. The first-order chi connectivity index (χ1) is 12.7. The van der Waals surface area contributed by atoms with E-state index in [1.54, 1.807) is 4.90 Å². The van der Waals surface area contributed by atoms with Crippen LogP contribution in [0.15, 0.2) is 30.3 Å². The molecule has 0 saturated carbocycles. The molecule has 158 valence electrons. The van der Waals surface area contributed by atoms with Crippen molar-refractivity contribution in [2.24, 2.45) is 0 Å². The standard InChI is InChI=1S/C22H37NO4Si/c1-21(2,3)27-20(25)23(16-18-12-10-9-11-13-18)15-14-19(24)17-26-28(7,8)22(4,5)6/h9-13H,14-17H2,1-8H3. The second kappa shape index (κ2) is 9.70. The Morgan fingerprint density at radius 2 is 1.57 bits per heavy atom. The highest BCUT2D eigenvalue weighted by molar-refractivity contribution is 6.74. The van der Waals surface area contributed by atoms with E-state index in [0.29, 0.717) is 13.1 Å². The molecule has 6 heteroatoms. The number of amides is 1. The zero-order valence-corrected chi connectivity index (χ0v) is 19.8. The molecule has 0 fully saturated rings. The van der Waals surface area contributed by atoms with Gasteiger partial charge in [-0.05, 0) is 44.5 Å². The third-order valence-corrected chi connectivity index (χ3v) is 9.41. The average molecular weight is 408 g/mol. The van der Waals surface area contributed by atoms with Crippen LogP contribution in [-0.4, -0.2) is 43.8 Å². The van der Waals surface area contributed by atoms with Crippen LogP contribution < -0.4 is 0 Å². The van der Waals surface area contributed by atoms with E-state index in [2.05, 4.69) is 33.9 Å². The summed E-state index contributed by atoms with van der Waals surface area (Å²) in [5, 5.41) is 0.0587. The SMILES string of the molecule is CC(C)(C)OC(=O)N(CCC(=O)CO[Si](C)(C)C(C)(C)C)Cc1ccccc1. The molecule has 0 heterocycles. The van der Waals surface area contributed by atoms with E-state index >= 15 is 0 Å². The number of ketones is 1. The molecule has 0 unspecified atom stereocenters. The van der Waals surface area contributed by atoms with Crippen molar-refractivity contribution < 1.29 is 18.8 Å². The second-order valence-electron chi connectivity index (χ2n) is 9.73. The van der Waals surface area contributed by atoms with Gasteiger partial charge in [0.05, 0.1) is 6.61 Å². The van der Waals surface area contributed by atoms with Crippen LogP contribution in [0, 0.1) is 0 Å². The monoisotopic (exact) mass is 407 g/mol. The number of hydrogen-bond donors (Lipinski definition) is 0. The fraction of sp³-hybridized carbons (Fsp3) is 0.636. The molecule has 0 aliphatic heterocycles. The van der Waals surface area contributed by atoms with Gasteiger partial charge in [0.1, 0.15) is 5.60 Å². The maximum Gasteiger partial charge on any atom is 0.410 e. The summed E-state index contributed by atoms with van der Waals surface area (Å²) < 4.78 is 11.5. The third-order valence-electron chi connectivity index (χ3n) is 4.93. The van der Waals surface area contributed by atoms with Crippen LogP contribution in [0.25, 0.3) is 0 Å². The molecule has 0 aromatic heterocycles. The Morgan fingerprint density at radius 3 is 2.07 bits per heavy atom.